The van der Waals surface area contributed by atoms with Gasteiger partial charge in [-0.25, -0.2) is 0 Å². The van der Waals surface area contributed by atoms with Crippen molar-refractivity contribution < 1.29 is 9.84 Å². The molecule has 0 aromatic carbocycles. The molecule has 3 aliphatic carbocycles. The van der Waals surface area contributed by atoms with Gasteiger partial charge in [0.15, 0.2) is 0 Å². The first-order valence-corrected chi connectivity index (χ1v) is 5.39. The Kier molecular flexibility index (Phi) is 1.34. The highest BCUT2D eigenvalue weighted by Crippen LogP contribution is 2.70. The van der Waals surface area contributed by atoms with E-state index in [0.29, 0.717) is 11.5 Å². The maximum Gasteiger partial charge on any atom is 0.0976 e. The molecule has 3 saturated carbocycles. The molecule has 0 radical (unpaired) electrons. The van der Waals surface area contributed by atoms with Gasteiger partial charge in [-0.1, -0.05) is 13.8 Å². The Hall–Kier alpha value is -0.0800. The van der Waals surface area contributed by atoms with E-state index in [9.17, 15) is 0 Å². The van der Waals surface area contributed by atoms with Crippen molar-refractivity contribution in [3.05, 3.63) is 0 Å². The van der Waals surface area contributed by atoms with Crippen molar-refractivity contribution in [2.24, 2.45) is 17.3 Å². The summed E-state index contributed by atoms with van der Waals surface area (Å²) >= 11 is 0. The lowest BCUT2D eigenvalue weighted by atomic mass is 9.46. The van der Waals surface area contributed by atoms with E-state index in [0.717, 1.165) is 18.3 Å². The van der Waals surface area contributed by atoms with E-state index < -0.39 is 0 Å². The van der Waals surface area contributed by atoms with Crippen LogP contribution in [-0.2, 0) is 4.74 Å². The van der Waals surface area contributed by atoms with Gasteiger partial charge in [0.2, 0.25) is 0 Å². The van der Waals surface area contributed by atoms with Crippen molar-refractivity contribution in [3.63, 3.8) is 0 Å². The minimum Gasteiger partial charge on any atom is -0.396 e. The lowest BCUT2D eigenvalue weighted by Crippen LogP contribution is -2.55. The molecule has 1 heterocycles. The van der Waals surface area contributed by atoms with Crippen LogP contribution in [0.25, 0.3) is 0 Å². The number of hydrogen-bond acceptors (Lipinski definition) is 2. The van der Waals surface area contributed by atoms with Gasteiger partial charge in [-0.2, -0.15) is 0 Å². The average molecular weight is 182 g/mol. The molecule has 0 amide bonds. The van der Waals surface area contributed by atoms with Crippen molar-refractivity contribution in [1.29, 1.82) is 0 Å². The van der Waals surface area contributed by atoms with Crippen LogP contribution in [0.4, 0.5) is 0 Å². The first kappa shape index (κ1) is 8.25. The van der Waals surface area contributed by atoms with E-state index in [-0.39, 0.29) is 12.2 Å². The van der Waals surface area contributed by atoms with Crippen molar-refractivity contribution >= 4 is 0 Å². The van der Waals surface area contributed by atoms with Crippen LogP contribution in [0, 0.1) is 17.3 Å². The summed E-state index contributed by atoms with van der Waals surface area (Å²) in [5.74, 6) is 1.63. The lowest BCUT2D eigenvalue weighted by Gasteiger charge is -2.56. The summed E-state index contributed by atoms with van der Waals surface area (Å²) in [6.45, 7) is 5.03. The highest BCUT2D eigenvalue weighted by Gasteiger charge is 2.72. The maximum absolute atomic E-state index is 8.96. The van der Waals surface area contributed by atoms with E-state index in [2.05, 4.69) is 13.8 Å². The minimum absolute atomic E-state index is 0.123. The number of hydrogen-bond donors (Lipinski definition) is 1. The summed E-state index contributed by atoms with van der Waals surface area (Å²) in [4.78, 5) is 0. The van der Waals surface area contributed by atoms with E-state index >= 15 is 0 Å². The Morgan fingerprint density at radius 3 is 2.77 bits per heavy atom. The van der Waals surface area contributed by atoms with Crippen LogP contribution in [0.15, 0.2) is 0 Å². The standard InChI is InChI=1S/C11H18O2/c1-10(2)7-5-8(10)9-11(6-7,13-9)3-4-12/h7-9,12H,3-6H2,1-2H3. The molecule has 1 saturated heterocycles. The lowest BCUT2D eigenvalue weighted by molar-refractivity contribution is -0.0637. The predicted octanol–water partition coefficient (Wildman–Crippen LogP) is 1.57. The minimum atomic E-state index is 0.123. The zero-order chi connectivity index (χ0) is 9.27. The number of aliphatic hydroxyl groups is 1. The van der Waals surface area contributed by atoms with Gasteiger partial charge in [-0.05, 0) is 30.1 Å². The summed E-state index contributed by atoms with van der Waals surface area (Å²) in [7, 11) is 0. The molecule has 1 aliphatic heterocycles. The van der Waals surface area contributed by atoms with Gasteiger partial charge in [0.25, 0.3) is 0 Å². The Morgan fingerprint density at radius 2 is 2.23 bits per heavy atom. The highest BCUT2D eigenvalue weighted by atomic mass is 16.6. The van der Waals surface area contributed by atoms with Gasteiger partial charge in [0.1, 0.15) is 0 Å². The first-order chi connectivity index (χ1) is 6.10. The summed E-state index contributed by atoms with van der Waals surface area (Å²) in [5.41, 5.74) is 0.637. The van der Waals surface area contributed by atoms with Gasteiger partial charge >= 0.3 is 0 Å². The van der Waals surface area contributed by atoms with Crippen LogP contribution < -0.4 is 0 Å². The second kappa shape index (κ2) is 2.12. The smallest absolute Gasteiger partial charge is 0.0976 e. The molecule has 4 rings (SSSR count). The highest BCUT2D eigenvalue weighted by molar-refractivity contribution is 5.20. The normalized spacial score (nSPS) is 55.2. The fraction of sp³-hybridized carbons (Fsp3) is 1.00. The molecule has 2 nitrogen and oxygen atoms in total. The molecule has 0 aromatic heterocycles. The molecule has 0 aromatic rings. The average Bonchev–Trinajstić information content (AvgIpc) is 2.78. The van der Waals surface area contributed by atoms with Gasteiger partial charge in [0, 0.05) is 13.0 Å². The van der Waals surface area contributed by atoms with Crippen molar-refractivity contribution in [1.82, 2.24) is 0 Å². The van der Waals surface area contributed by atoms with E-state index in [1.54, 1.807) is 0 Å². The topological polar surface area (TPSA) is 32.8 Å². The number of ether oxygens (including phenoxy) is 1. The molecule has 4 unspecified atom stereocenters. The number of aliphatic hydroxyl groups excluding tert-OH is 1. The molecule has 1 N–H and O–H groups in total. The Balaban J connectivity index is 1.80. The molecule has 13 heavy (non-hydrogen) atoms. The van der Waals surface area contributed by atoms with E-state index in [1.807, 2.05) is 0 Å². The monoisotopic (exact) mass is 182 g/mol. The predicted molar refractivity (Wildman–Crippen MR) is 49.3 cm³/mol. The Bertz CT molecular complexity index is 248. The van der Waals surface area contributed by atoms with Gasteiger partial charge < -0.3 is 9.84 Å². The van der Waals surface area contributed by atoms with Gasteiger partial charge in [-0.15, -0.1) is 0 Å². The number of epoxide rings is 1. The van der Waals surface area contributed by atoms with Gasteiger partial charge in [-0.3, -0.25) is 0 Å². The van der Waals surface area contributed by atoms with Crippen molar-refractivity contribution in [2.75, 3.05) is 6.61 Å². The van der Waals surface area contributed by atoms with Crippen LogP contribution in [0.3, 0.4) is 0 Å². The molecule has 4 atom stereocenters. The molecule has 2 heteroatoms. The zero-order valence-corrected chi connectivity index (χ0v) is 8.42. The second-order valence-corrected chi connectivity index (χ2v) is 5.64. The zero-order valence-electron chi connectivity index (χ0n) is 8.42. The molecule has 74 valence electrons. The molecular weight excluding hydrogens is 164 g/mol. The summed E-state index contributed by atoms with van der Waals surface area (Å²) in [5, 5.41) is 8.96. The fourth-order valence-corrected chi connectivity index (χ4v) is 3.66. The second-order valence-electron chi connectivity index (χ2n) is 5.64. The summed E-state index contributed by atoms with van der Waals surface area (Å²) in [6.07, 6.45) is 3.91. The van der Waals surface area contributed by atoms with Crippen molar-refractivity contribution in [2.45, 2.75) is 44.8 Å². The van der Waals surface area contributed by atoms with Crippen LogP contribution >= 0.6 is 0 Å². The number of rotatable bonds is 2. The third-order valence-corrected chi connectivity index (χ3v) is 4.86. The van der Waals surface area contributed by atoms with E-state index in [1.165, 1.54) is 12.8 Å². The van der Waals surface area contributed by atoms with Crippen LogP contribution in [-0.4, -0.2) is 23.4 Å². The largest absolute Gasteiger partial charge is 0.396 e. The molecular formula is C11H18O2. The van der Waals surface area contributed by atoms with Crippen LogP contribution in [0.2, 0.25) is 0 Å². The quantitative estimate of drug-likeness (QED) is 0.657. The SMILES string of the molecule is CC1(C)C2CC1C1OC1(CCO)C2. The van der Waals surface area contributed by atoms with Crippen molar-refractivity contribution in [3.8, 4) is 0 Å². The third kappa shape index (κ3) is 0.816. The van der Waals surface area contributed by atoms with E-state index in [4.69, 9.17) is 9.84 Å². The Morgan fingerprint density at radius 1 is 1.46 bits per heavy atom. The summed E-state index contributed by atoms with van der Waals surface area (Å²) in [6, 6.07) is 0. The van der Waals surface area contributed by atoms with Gasteiger partial charge in [0.05, 0.1) is 11.7 Å². The Labute approximate surface area is 79.3 Å². The molecule has 4 fully saturated rings. The molecule has 2 bridgehead atoms. The fourth-order valence-electron chi connectivity index (χ4n) is 3.66. The third-order valence-electron chi connectivity index (χ3n) is 4.86. The molecule has 4 aliphatic rings. The van der Waals surface area contributed by atoms with Crippen LogP contribution in [0.5, 0.6) is 0 Å². The van der Waals surface area contributed by atoms with Crippen LogP contribution in [0.1, 0.15) is 33.1 Å². The summed E-state index contributed by atoms with van der Waals surface area (Å²) < 4.78 is 5.84. The molecule has 0 spiro atoms. The maximum atomic E-state index is 8.96. The first-order valence-electron chi connectivity index (χ1n) is 5.39.